The second-order valence-corrected chi connectivity index (χ2v) is 9.70. The standard InChI is InChI=1S/C20H31FN4O4S/c1-15(2)19(22-30(28,29)17-9-6-5-8-16(17)21)20(27)25-11-7-10-24(12-13-25)14-18(26)23(3)4/h5-6,8-9,15,19,22H,7,10-14H2,1-4H3/t19-/m0/s1. The molecule has 1 aromatic rings. The van der Waals surface area contributed by atoms with E-state index in [2.05, 4.69) is 4.72 Å². The van der Waals surface area contributed by atoms with Gasteiger partial charge in [-0.1, -0.05) is 26.0 Å². The van der Waals surface area contributed by atoms with Gasteiger partial charge in [0.15, 0.2) is 0 Å². The fourth-order valence-corrected chi connectivity index (χ4v) is 4.66. The molecular formula is C20H31FN4O4S. The van der Waals surface area contributed by atoms with Crippen molar-refractivity contribution in [2.75, 3.05) is 46.8 Å². The summed E-state index contributed by atoms with van der Waals surface area (Å²) in [6.45, 7) is 5.83. The Kier molecular flexibility index (Phi) is 8.34. The van der Waals surface area contributed by atoms with Gasteiger partial charge in [0.25, 0.3) is 0 Å². The second-order valence-electron chi connectivity index (χ2n) is 8.02. The van der Waals surface area contributed by atoms with Gasteiger partial charge in [0.1, 0.15) is 16.8 Å². The highest BCUT2D eigenvalue weighted by Gasteiger charge is 2.33. The van der Waals surface area contributed by atoms with E-state index in [1.54, 1.807) is 32.8 Å². The molecule has 168 valence electrons. The first-order chi connectivity index (χ1) is 14.0. The maximum Gasteiger partial charge on any atom is 0.244 e. The molecule has 0 spiro atoms. The minimum atomic E-state index is -4.20. The third-order valence-corrected chi connectivity index (χ3v) is 6.57. The van der Waals surface area contributed by atoms with Crippen LogP contribution in [0.3, 0.4) is 0 Å². The van der Waals surface area contributed by atoms with Crippen LogP contribution in [0.25, 0.3) is 0 Å². The minimum absolute atomic E-state index is 0.00696. The lowest BCUT2D eigenvalue weighted by Gasteiger charge is -2.29. The fourth-order valence-electron chi connectivity index (χ4n) is 3.24. The van der Waals surface area contributed by atoms with Crippen LogP contribution in [0.5, 0.6) is 0 Å². The van der Waals surface area contributed by atoms with Crippen molar-refractivity contribution in [1.29, 1.82) is 0 Å². The number of benzene rings is 1. The minimum Gasteiger partial charge on any atom is -0.348 e. The molecule has 30 heavy (non-hydrogen) atoms. The smallest absolute Gasteiger partial charge is 0.244 e. The topological polar surface area (TPSA) is 90.0 Å². The van der Waals surface area contributed by atoms with Crippen LogP contribution < -0.4 is 4.72 Å². The number of carbonyl (C=O) groups excluding carboxylic acids is 2. The van der Waals surface area contributed by atoms with Crippen LogP contribution in [0.1, 0.15) is 20.3 Å². The molecule has 0 unspecified atom stereocenters. The van der Waals surface area contributed by atoms with Gasteiger partial charge in [0.05, 0.1) is 6.54 Å². The van der Waals surface area contributed by atoms with Crippen molar-refractivity contribution >= 4 is 21.8 Å². The van der Waals surface area contributed by atoms with Crippen molar-refractivity contribution in [3.63, 3.8) is 0 Å². The zero-order chi connectivity index (χ0) is 22.5. The van der Waals surface area contributed by atoms with Gasteiger partial charge >= 0.3 is 0 Å². The van der Waals surface area contributed by atoms with Gasteiger partial charge in [-0.15, -0.1) is 0 Å². The van der Waals surface area contributed by atoms with Gasteiger partial charge in [0.2, 0.25) is 21.8 Å². The largest absolute Gasteiger partial charge is 0.348 e. The monoisotopic (exact) mass is 442 g/mol. The van der Waals surface area contributed by atoms with Crippen LogP contribution in [0, 0.1) is 11.7 Å². The predicted molar refractivity (Wildman–Crippen MR) is 112 cm³/mol. The zero-order valence-electron chi connectivity index (χ0n) is 18.0. The summed E-state index contributed by atoms with van der Waals surface area (Å²) in [6.07, 6.45) is 0.678. The Labute approximate surface area is 178 Å². The first-order valence-electron chi connectivity index (χ1n) is 10.0. The quantitative estimate of drug-likeness (QED) is 0.673. The molecule has 2 rings (SSSR count). The molecule has 1 saturated heterocycles. The molecule has 1 N–H and O–H groups in total. The Balaban J connectivity index is 2.10. The van der Waals surface area contributed by atoms with Crippen LogP contribution in [-0.4, -0.2) is 87.8 Å². The van der Waals surface area contributed by atoms with E-state index >= 15 is 0 Å². The summed E-state index contributed by atoms with van der Waals surface area (Å²) in [5, 5.41) is 0. The summed E-state index contributed by atoms with van der Waals surface area (Å²) >= 11 is 0. The number of carbonyl (C=O) groups is 2. The molecule has 1 aliphatic heterocycles. The van der Waals surface area contributed by atoms with E-state index < -0.39 is 26.8 Å². The number of hydrogen-bond acceptors (Lipinski definition) is 5. The number of amides is 2. The fraction of sp³-hybridized carbons (Fsp3) is 0.600. The number of likely N-dealkylation sites (N-methyl/N-ethyl adjacent to an activating group) is 1. The maximum atomic E-state index is 14.0. The Morgan fingerprint density at radius 3 is 2.40 bits per heavy atom. The van der Waals surface area contributed by atoms with Crippen molar-refractivity contribution in [1.82, 2.24) is 19.4 Å². The number of nitrogens with one attached hydrogen (secondary N) is 1. The van der Waals surface area contributed by atoms with Crippen LogP contribution in [-0.2, 0) is 19.6 Å². The number of rotatable bonds is 7. The molecule has 10 heteroatoms. The molecule has 1 heterocycles. The van der Waals surface area contributed by atoms with Crippen LogP contribution >= 0.6 is 0 Å². The van der Waals surface area contributed by atoms with Crippen molar-refractivity contribution in [2.24, 2.45) is 5.92 Å². The van der Waals surface area contributed by atoms with E-state index in [0.29, 0.717) is 32.6 Å². The molecule has 1 atom stereocenters. The number of nitrogens with zero attached hydrogens (tertiary/aromatic N) is 3. The molecule has 0 aromatic heterocycles. The Hall–Kier alpha value is -2.04. The van der Waals surface area contributed by atoms with E-state index in [1.165, 1.54) is 23.1 Å². The molecular weight excluding hydrogens is 411 g/mol. The summed E-state index contributed by atoms with van der Waals surface area (Å²) in [4.78, 5) is 29.7. The predicted octanol–water partition coefficient (Wildman–Crippen LogP) is 0.751. The van der Waals surface area contributed by atoms with Crippen LogP contribution in [0.15, 0.2) is 29.2 Å². The highest BCUT2D eigenvalue weighted by Crippen LogP contribution is 2.17. The number of halogens is 1. The maximum absolute atomic E-state index is 14.0. The Morgan fingerprint density at radius 1 is 1.13 bits per heavy atom. The molecule has 8 nitrogen and oxygen atoms in total. The van der Waals surface area contributed by atoms with Gasteiger partial charge in [0, 0.05) is 40.3 Å². The SMILES string of the molecule is CC(C)[C@H](NS(=O)(=O)c1ccccc1F)C(=O)N1CCCN(CC(=O)N(C)C)CC1. The lowest BCUT2D eigenvalue weighted by molar-refractivity contribution is -0.133. The molecule has 0 saturated carbocycles. The van der Waals surface area contributed by atoms with E-state index in [0.717, 1.165) is 6.07 Å². The van der Waals surface area contributed by atoms with E-state index in [4.69, 9.17) is 0 Å². The van der Waals surface area contributed by atoms with Crippen molar-refractivity contribution in [2.45, 2.75) is 31.2 Å². The summed E-state index contributed by atoms with van der Waals surface area (Å²) in [6, 6.07) is 4.07. The number of sulfonamides is 1. The molecule has 0 aliphatic carbocycles. The molecule has 0 radical (unpaired) electrons. The second kappa shape index (κ2) is 10.3. The highest BCUT2D eigenvalue weighted by molar-refractivity contribution is 7.89. The molecule has 1 aromatic carbocycles. The van der Waals surface area contributed by atoms with E-state index in [1.807, 2.05) is 4.90 Å². The highest BCUT2D eigenvalue weighted by atomic mass is 32.2. The third-order valence-electron chi connectivity index (χ3n) is 5.10. The first-order valence-corrected chi connectivity index (χ1v) is 11.5. The molecule has 1 aliphatic rings. The summed E-state index contributed by atoms with van der Waals surface area (Å²) in [7, 11) is -0.799. The van der Waals surface area contributed by atoms with Crippen LogP contribution in [0.4, 0.5) is 4.39 Å². The van der Waals surface area contributed by atoms with Gasteiger partial charge in [-0.2, -0.15) is 4.72 Å². The van der Waals surface area contributed by atoms with E-state index in [9.17, 15) is 22.4 Å². The zero-order valence-corrected chi connectivity index (χ0v) is 18.8. The third kappa shape index (κ3) is 6.23. The molecule has 2 amide bonds. The van der Waals surface area contributed by atoms with Gasteiger partial charge < -0.3 is 9.80 Å². The van der Waals surface area contributed by atoms with Crippen molar-refractivity contribution in [3.05, 3.63) is 30.1 Å². The normalized spacial score (nSPS) is 16.9. The average Bonchev–Trinajstić information content (AvgIpc) is 2.91. The van der Waals surface area contributed by atoms with Gasteiger partial charge in [-0.3, -0.25) is 14.5 Å². The summed E-state index contributed by atoms with van der Waals surface area (Å²) in [5.74, 6) is -1.54. The molecule has 1 fully saturated rings. The van der Waals surface area contributed by atoms with Crippen LogP contribution in [0.2, 0.25) is 0 Å². The van der Waals surface area contributed by atoms with Gasteiger partial charge in [-0.25, -0.2) is 12.8 Å². The lowest BCUT2D eigenvalue weighted by atomic mass is 10.0. The van der Waals surface area contributed by atoms with Crippen molar-refractivity contribution in [3.8, 4) is 0 Å². The Bertz CT molecular complexity index is 860. The molecule has 0 bridgehead atoms. The number of hydrogen-bond donors (Lipinski definition) is 1. The average molecular weight is 443 g/mol. The van der Waals surface area contributed by atoms with Crippen molar-refractivity contribution < 1.29 is 22.4 Å². The van der Waals surface area contributed by atoms with Gasteiger partial charge in [-0.05, 0) is 24.5 Å². The Morgan fingerprint density at radius 2 is 1.80 bits per heavy atom. The lowest BCUT2D eigenvalue weighted by Crippen LogP contribution is -2.52. The summed E-state index contributed by atoms with van der Waals surface area (Å²) < 4.78 is 41.8. The van der Waals surface area contributed by atoms with E-state index in [-0.39, 0.29) is 24.3 Å². The summed E-state index contributed by atoms with van der Waals surface area (Å²) in [5.41, 5.74) is 0. The first kappa shape index (κ1) is 24.2.